The van der Waals surface area contributed by atoms with Gasteiger partial charge >= 0.3 is 5.97 Å². The first kappa shape index (κ1) is 32.7. The lowest BCUT2D eigenvalue weighted by atomic mass is 9.76. The molecule has 0 aromatic carbocycles. The summed E-state index contributed by atoms with van der Waals surface area (Å²) in [6.07, 6.45) is 9.01. The fraction of sp³-hybridized carbons (Fsp3) is 0.483. The Morgan fingerprint density at radius 1 is 1.23 bits per heavy atom. The molecule has 232 valence electrons. The number of hydrogen-bond acceptors (Lipinski definition) is 8. The second-order valence-electron chi connectivity index (χ2n) is 10.9. The minimum Gasteiger partial charge on any atom is -0.466 e. The van der Waals surface area contributed by atoms with Crippen molar-refractivity contribution in [3.8, 4) is 0 Å². The minimum atomic E-state index is -1.10. The van der Waals surface area contributed by atoms with Crippen molar-refractivity contribution in [2.45, 2.75) is 57.3 Å². The molecule has 43 heavy (non-hydrogen) atoms. The lowest BCUT2D eigenvalue weighted by Gasteiger charge is -2.46. The molecular formula is C29H35Cl2N5O6S. The Bertz CT molecular complexity index is 1440. The van der Waals surface area contributed by atoms with Gasteiger partial charge in [0.1, 0.15) is 22.6 Å². The van der Waals surface area contributed by atoms with Crippen LogP contribution in [0.25, 0.3) is 0 Å². The fourth-order valence-corrected chi connectivity index (χ4v) is 7.20. The monoisotopic (exact) mass is 651 g/mol. The summed E-state index contributed by atoms with van der Waals surface area (Å²) in [5.74, 6) is -1.08. The van der Waals surface area contributed by atoms with E-state index >= 15 is 0 Å². The Labute approximate surface area is 263 Å². The molecule has 3 N–H and O–H groups in total. The summed E-state index contributed by atoms with van der Waals surface area (Å²) in [5.41, 5.74) is -0.504. The number of hydrogen-bond donors (Lipinski definition) is 3. The first-order chi connectivity index (χ1) is 20.5. The molecule has 1 saturated heterocycles. The number of anilines is 1. The van der Waals surface area contributed by atoms with E-state index in [0.29, 0.717) is 16.2 Å². The third-order valence-corrected chi connectivity index (χ3v) is 9.28. The van der Waals surface area contributed by atoms with Crippen molar-refractivity contribution in [3.63, 3.8) is 0 Å². The minimum absolute atomic E-state index is 0.0498. The van der Waals surface area contributed by atoms with Crippen molar-refractivity contribution in [2.24, 2.45) is 11.8 Å². The van der Waals surface area contributed by atoms with Gasteiger partial charge in [-0.25, -0.2) is 4.79 Å². The van der Waals surface area contributed by atoms with Crippen LogP contribution in [0.3, 0.4) is 0 Å². The van der Waals surface area contributed by atoms with Gasteiger partial charge < -0.3 is 25.3 Å². The third kappa shape index (κ3) is 8.69. The number of esters is 1. The number of likely N-dealkylation sites (tertiary alicyclic amines) is 1. The summed E-state index contributed by atoms with van der Waals surface area (Å²) in [4.78, 5) is 66.0. The quantitative estimate of drug-likeness (QED) is 0.249. The van der Waals surface area contributed by atoms with Gasteiger partial charge in [0.25, 0.3) is 11.5 Å². The zero-order chi connectivity index (χ0) is 31.1. The van der Waals surface area contributed by atoms with Crippen LogP contribution >= 0.6 is 34.5 Å². The summed E-state index contributed by atoms with van der Waals surface area (Å²) in [7, 11) is 3.26. The van der Waals surface area contributed by atoms with Gasteiger partial charge in [0.2, 0.25) is 11.8 Å². The number of nitrogens with zero attached hydrogens (tertiary/aromatic N) is 2. The molecule has 1 aliphatic carbocycles. The number of thiophene rings is 1. The number of carbonyl (C=O) groups excluding carboxylic acids is 4. The number of rotatable bonds is 11. The molecule has 3 amide bonds. The fourth-order valence-electron chi connectivity index (χ4n) is 5.75. The number of carbonyl (C=O) groups is 4. The number of piperidine rings is 1. The highest BCUT2D eigenvalue weighted by molar-refractivity contribution is 7.20. The molecule has 3 heterocycles. The first-order valence-corrected chi connectivity index (χ1v) is 15.6. The molecular weight excluding hydrogens is 617 g/mol. The van der Waals surface area contributed by atoms with Gasteiger partial charge in [-0.3, -0.25) is 24.1 Å². The molecule has 14 heteroatoms. The SMILES string of the molecule is COC(=O)/C=C/CC[C@H](NC(=O)c1cc(Cl)sc1Cl)C(=O)Nc1cccn(CC(=O)NC2C3CCCC(C3)CN2C)c1=O. The van der Waals surface area contributed by atoms with Crippen LogP contribution in [0.5, 0.6) is 0 Å². The molecule has 4 atom stereocenters. The number of aromatic nitrogens is 1. The summed E-state index contributed by atoms with van der Waals surface area (Å²) in [6.45, 7) is 0.726. The Balaban J connectivity index is 1.43. The summed E-state index contributed by atoms with van der Waals surface area (Å²) >= 11 is 13.1. The predicted octanol–water partition coefficient (Wildman–Crippen LogP) is 3.66. The Morgan fingerprint density at radius 3 is 2.74 bits per heavy atom. The summed E-state index contributed by atoms with van der Waals surface area (Å²) < 4.78 is 6.28. The van der Waals surface area contributed by atoms with Crippen LogP contribution in [0.2, 0.25) is 8.67 Å². The average Bonchev–Trinajstić information content (AvgIpc) is 3.32. The predicted molar refractivity (Wildman–Crippen MR) is 165 cm³/mol. The van der Waals surface area contributed by atoms with Crippen molar-refractivity contribution in [1.29, 1.82) is 0 Å². The lowest BCUT2D eigenvalue weighted by Crippen LogP contribution is -2.57. The largest absolute Gasteiger partial charge is 0.466 e. The molecule has 0 spiro atoms. The van der Waals surface area contributed by atoms with Crippen molar-refractivity contribution < 1.29 is 23.9 Å². The normalized spacial score (nSPS) is 20.8. The van der Waals surface area contributed by atoms with Crippen LogP contribution in [0.4, 0.5) is 5.69 Å². The highest BCUT2D eigenvalue weighted by Gasteiger charge is 2.37. The highest BCUT2D eigenvalue weighted by atomic mass is 35.5. The number of amides is 3. The summed E-state index contributed by atoms with van der Waals surface area (Å²) in [5, 5.41) is 8.30. The van der Waals surface area contributed by atoms with E-state index in [-0.39, 0.29) is 47.0 Å². The topological polar surface area (TPSA) is 139 Å². The van der Waals surface area contributed by atoms with Gasteiger partial charge in [0.15, 0.2) is 0 Å². The molecule has 0 radical (unpaired) electrons. The van der Waals surface area contributed by atoms with Gasteiger partial charge in [0, 0.05) is 18.8 Å². The van der Waals surface area contributed by atoms with Crippen LogP contribution in [-0.4, -0.2) is 66.1 Å². The summed E-state index contributed by atoms with van der Waals surface area (Å²) in [6, 6.07) is 3.29. The van der Waals surface area contributed by atoms with Gasteiger partial charge in [-0.05, 0) is 69.2 Å². The van der Waals surface area contributed by atoms with Crippen LogP contribution in [0, 0.1) is 11.8 Å². The van der Waals surface area contributed by atoms with E-state index in [1.54, 1.807) is 6.07 Å². The maximum absolute atomic E-state index is 13.3. The Hall–Kier alpha value is -3.19. The van der Waals surface area contributed by atoms with E-state index in [4.69, 9.17) is 23.2 Å². The van der Waals surface area contributed by atoms with Crippen molar-refractivity contribution in [2.75, 3.05) is 26.0 Å². The van der Waals surface area contributed by atoms with E-state index in [0.717, 1.165) is 37.1 Å². The molecule has 11 nitrogen and oxygen atoms in total. The standard InChI is InChI=1S/C29H35Cl2N5O6S/c1-35-15-17-7-5-8-18(13-17)26(35)34-23(37)16-36-12-6-10-21(29(36)41)33-28(40)20(9-3-4-11-24(38)42-2)32-27(39)19-14-22(30)43-25(19)31/h4,6,10-12,14,17-18,20,26H,3,5,7-9,13,15-16H2,1-2H3,(H,32,39)(H,33,40)(H,34,37)/b11-4+/t17?,18?,20-,26?/m0/s1. The molecule has 2 fully saturated rings. The van der Waals surface area contributed by atoms with Crippen LogP contribution < -0.4 is 21.5 Å². The van der Waals surface area contributed by atoms with E-state index < -0.39 is 29.4 Å². The van der Waals surface area contributed by atoms with E-state index in [2.05, 4.69) is 25.6 Å². The van der Waals surface area contributed by atoms with E-state index in [9.17, 15) is 24.0 Å². The molecule has 2 aromatic heterocycles. The molecule has 3 unspecified atom stereocenters. The lowest BCUT2D eigenvalue weighted by molar-refractivity contribution is -0.134. The number of allylic oxidation sites excluding steroid dienone is 1. The first-order valence-electron chi connectivity index (χ1n) is 14.1. The second-order valence-corrected chi connectivity index (χ2v) is 13.1. The zero-order valence-corrected chi connectivity index (χ0v) is 26.3. The van der Waals surface area contributed by atoms with Crippen molar-refractivity contribution >= 4 is 63.9 Å². The van der Waals surface area contributed by atoms with Gasteiger partial charge in [-0.15, -0.1) is 11.3 Å². The van der Waals surface area contributed by atoms with Gasteiger partial charge in [-0.2, -0.15) is 0 Å². The maximum atomic E-state index is 13.3. The molecule has 1 saturated carbocycles. The van der Waals surface area contributed by atoms with E-state index in [1.165, 1.54) is 48.6 Å². The number of ether oxygens (including phenoxy) is 1. The number of nitrogens with one attached hydrogen (secondary N) is 3. The zero-order valence-electron chi connectivity index (χ0n) is 23.9. The smallest absolute Gasteiger partial charge is 0.330 e. The van der Waals surface area contributed by atoms with E-state index in [1.807, 2.05) is 7.05 Å². The van der Waals surface area contributed by atoms with Crippen LogP contribution in [0.15, 0.2) is 41.3 Å². The molecule has 2 bridgehead atoms. The van der Waals surface area contributed by atoms with Gasteiger partial charge in [0.05, 0.1) is 23.2 Å². The van der Waals surface area contributed by atoms with Crippen LogP contribution in [-0.2, 0) is 25.7 Å². The van der Waals surface area contributed by atoms with Crippen molar-refractivity contribution in [1.82, 2.24) is 20.1 Å². The molecule has 1 aliphatic heterocycles. The molecule has 2 aromatic rings. The Morgan fingerprint density at radius 2 is 2.02 bits per heavy atom. The number of halogens is 2. The number of methoxy groups -OCH3 is 1. The molecule has 4 rings (SSSR count). The molecule has 2 aliphatic rings. The number of pyridine rings is 1. The highest BCUT2D eigenvalue weighted by Crippen LogP contribution is 2.36. The van der Waals surface area contributed by atoms with Gasteiger partial charge in [-0.1, -0.05) is 35.7 Å². The van der Waals surface area contributed by atoms with Crippen molar-refractivity contribution in [3.05, 3.63) is 61.1 Å². The average molecular weight is 653 g/mol. The second kappa shape index (κ2) is 15.0. The number of fused-ring (bicyclic) bond motifs is 2. The van der Waals surface area contributed by atoms with Crippen LogP contribution in [0.1, 0.15) is 48.9 Å². The Kier molecular flexibility index (Phi) is 11.4. The maximum Gasteiger partial charge on any atom is 0.330 e. The third-order valence-electron chi connectivity index (χ3n) is 7.79.